The van der Waals surface area contributed by atoms with Crippen LogP contribution in [0.1, 0.15) is 51.9 Å². The summed E-state index contributed by atoms with van der Waals surface area (Å²) in [5.74, 6) is -1.16. The molecular weight excluding hydrogens is 195 g/mol. The smallest absolute Gasteiger partial charge is 0.310 e. The van der Waals surface area contributed by atoms with Gasteiger partial charge >= 0.3 is 5.97 Å². The molecule has 0 fully saturated rings. The summed E-state index contributed by atoms with van der Waals surface area (Å²) in [7, 11) is 0. The van der Waals surface area contributed by atoms with E-state index in [0.717, 1.165) is 19.3 Å². The highest BCUT2D eigenvalue weighted by Gasteiger charge is 2.06. The standard InChI is InChI=1S/C10H18O3.Al.3H/c1-2-3-4-5-6-7-9(11)8-10(12)13;;;;/h2-8H2,1H3,(H,12,13);;;;. The topological polar surface area (TPSA) is 54.4 Å². The second-order valence-electron chi connectivity index (χ2n) is 3.27. The Hall–Kier alpha value is -0.328. The molecule has 4 heteroatoms. The number of hydrogen-bond donors (Lipinski definition) is 1. The zero-order valence-electron chi connectivity index (χ0n) is 8.21. The average Bonchev–Trinajstić information content (AvgIpc) is 2.02. The van der Waals surface area contributed by atoms with Gasteiger partial charge in [-0.05, 0) is 6.42 Å². The molecule has 0 aliphatic rings. The van der Waals surface area contributed by atoms with E-state index in [-0.39, 0.29) is 29.6 Å². The first-order valence-corrected chi connectivity index (χ1v) is 4.90. The number of Topliss-reactive ketones (excluding diaryl/α,β-unsaturated/α-hetero) is 1. The van der Waals surface area contributed by atoms with E-state index in [9.17, 15) is 9.59 Å². The summed E-state index contributed by atoms with van der Waals surface area (Å²) >= 11 is 0. The Kier molecular flexibility index (Phi) is 12.4. The van der Waals surface area contributed by atoms with E-state index in [2.05, 4.69) is 6.92 Å². The molecule has 0 rings (SSSR count). The lowest BCUT2D eigenvalue weighted by Crippen LogP contribution is -2.05. The number of ketones is 1. The van der Waals surface area contributed by atoms with Gasteiger partial charge in [0.25, 0.3) is 0 Å². The number of carbonyl (C=O) groups is 2. The monoisotopic (exact) mass is 216 g/mol. The number of hydrogen-bond acceptors (Lipinski definition) is 2. The van der Waals surface area contributed by atoms with Crippen LogP contribution in [-0.2, 0) is 9.59 Å². The molecule has 0 aromatic carbocycles. The molecule has 0 saturated heterocycles. The highest BCUT2D eigenvalue weighted by atomic mass is 27.0. The molecule has 3 nitrogen and oxygen atoms in total. The predicted octanol–water partition coefficient (Wildman–Crippen LogP) is 1.21. The Bertz CT molecular complexity index is 169. The van der Waals surface area contributed by atoms with Crippen molar-refractivity contribution < 1.29 is 14.7 Å². The van der Waals surface area contributed by atoms with E-state index in [4.69, 9.17) is 5.11 Å². The molecule has 0 amide bonds. The third-order valence-electron chi connectivity index (χ3n) is 1.91. The van der Waals surface area contributed by atoms with Gasteiger partial charge in [0.1, 0.15) is 12.2 Å². The molecule has 0 atom stereocenters. The van der Waals surface area contributed by atoms with Crippen molar-refractivity contribution >= 4 is 29.1 Å². The first-order chi connectivity index (χ1) is 6.16. The van der Waals surface area contributed by atoms with Crippen LogP contribution in [0.3, 0.4) is 0 Å². The molecule has 0 heterocycles. The molecule has 0 aliphatic carbocycles. The first-order valence-electron chi connectivity index (χ1n) is 4.90. The normalized spacial score (nSPS) is 9.21. The van der Waals surface area contributed by atoms with Gasteiger partial charge in [-0.2, -0.15) is 0 Å². The first kappa shape index (κ1) is 16.1. The number of unbranched alkanes of at least 4 members (excludes halogenated alkanes) is 4. The maximum absolute atomic E-state index is 10.9. The molecule has 0 unspecified atom stereocenters. The lowest BCUT2D eigenvalue weighted by Gasteiger charge is -1.98. The van der Waals surface area contributed by atoms with Crippen LogP contribution in [0.25, 0.3) is 0 Å². The molecule has 1 N–H and O–H groups in total. The highest BCUT2D eigenvalue weighted by Crippen LogP contribution is 2.06. The maximum atomic E-state index is 10.9. The molecule has 0 spiro atoms. The predicted molar refractivity (Wildman–Crippen MR) is 60.6 cm³/mol. The fourth-order valence-corrected chi connectivity index (χ4v) is 1.18. The SMILES string of the molecule is CCCCCCCC(=O)CC(=O)O.[AlH3]. The van der Waals surface area contributed by atoms with Crippen molar-refractivity contribution in [2.75, 3.05) is 0 Å². The van der Waals surface area contributed by atoms with Gasteiger partial charge in [0, 0.05) is 6.42 Å². The zero-order valence-corrected chi connectivity index (χ0v) is 8.21. The van der Waals surface area contributed by atoms with Crippen molar-refractivity contribution in [3.8, 4) is 0 Å². The summed E-state index contributed by atoms with van der Waals surface area (Å²) in [4.78, 5) is 21.0. The molecule has 0 saturated carbocycles. The largest absolute Gasteiger partial charge is 0.481 e. The third-order valence-corrected chi connectivity index (χ3v) is 1.91. The van der Waals surface area contributed by atoms with E-state index in [1.54, 1.807) is 0 Å². The molecule has 0 aromatic rings. The van der Waals surface area contributed by atoms with Crippen molar-refractivity contribution in [2.45, 2.75) is 51.9 Å². The van der Waals surface area contributed by atoms with Crippen molar-refractivity contribution in [3.63, 3.8) is 0 Å². The fraction of sp³-hybridized carbons (Fsp3) is 0.800. The maximum Gasteiger partial charge on any atom is 0.310 e. The van der Waals surface area contributed by atoms with Crippen LogP contribution in [0, 0.1) is 0 Å². The minimum atomic E-state index is -1.02. The van der Waals surface area contributed by atoms with Crippen LogP contribution < -0.4 is 0 Å². The molecule has 82 valence electrons. The van der Waals surface area contributed by atoms with E-state index in [0.29, 0.717) is 6.42 Å². The zero-order chi connectivity index (χ0) is 10.1. The molecular formula is C10H21AlO3. The molecule has 0 aromatic heterocycles. The number of rotatable bonds is 8. The van der Waals surface area contributed by atoms with Crippen molar-refractivity contribution in [2.24, 2.45) is 0 Å². The second-order valence-corrected chi connectivity index (χ2v) is 3.27. The highest BCUT2D eigenvalue weighted by molar-refractivity contribution is 5.94. The van der Waals surface area contributed by atoms with Gasteiger partial charge < -0.3 is 5.11 Å². The van der Waals surface area contributed by atoms with Crippen LogP contribution in [0.5, 0.6) is 0 Å². The van der Waals surface area contributed by atoms with Crippen LogP contribution in [-0.4, -0.2) is 34.2 Å². The van der Waals surface area contributed by atoms with Crippen LogP contribution in [0.15, 0.2) is 0 Å². The van der Waals surface area contributed by atoms with E-state index in [1.165, 1.54) is 12.8 Å². The Morgan fingerprint density at radius 2 is 1.64 bits per heavy atom. The minimum Gasteiger partial charge on any atom is -0.481 e. The number of carboxylic acid groups (broad SMARTS) is 1. The molecule has 0 radical (unpaired) electrons. The molecule has 0 aliphatic heterocycles. The lowest BCUT2D eigenvalue weighted by molar-refractivity contribution is -0.140. The summed E-state index contributed by atoms with van der Waals surface area (Å²) in [6.45, 7) is 2.13. The average molecular weight is 216 g/mol. The van der Waals surface area contributed by atoms with E-state index >= 15 is 0 Å². The van der Waals surface area contributed by atoms with Gasteiger partial charge in [-0.1, -0.05) is 32.6 Å². The second kappa shape index (κ2) is 10.8. The van der Waals surface area contributed by atoms with E-state index < -0.39 is 5.97 Å². The summed E-state index contributed by atoms with van der Waals surface area (Å²) in [6, 6.07) is 0. The minimum absolute atomic E-state index is 0. The molecule has 14 heavy (non-hydrogen) atoms. The van der Waals surface area contributed by atoms with Gasteiger partial charge in [-0.3, -0.25) is 9.59 Å². The van der Waals surface area contributed by atoms with Crippen LogP contribution in [0.2, 0.25) is 0 Å². The summed E-state index contributed by atoms with van der Waals surface area (Å²) in [5.41, 5.74) is 0. The lowest BCUT2D eigenvalue weighted by atomic mass is 10.1. The van der Waals surface area contributed by atoms with Gasteiger partial charge in [0.15, 0.2) is 17.4 Å². The van der Waals surface area contributed by atoms with Gasteiger partial charge in [-0.25, -0.2) is 0 Å². The van der Waals surface area contributed by atoms with Gasteiger partial charge in [-0.15, -0.1) is 0 Å². The fourth-order valence-electron chi connectivity index (χ4n) is 1.18. The number of carboxylic acids is 1. The van der Waals surface area contributed by atoms with Crippen LogP contribution >= 0.6 is 0 Å². The molecule has 0 bridgehead atoms. The number of carbonyl (C=O) groups excluding carboxylic acids is 1. The Labute approximate surface area is 96.0 Å². The quantitative estimate of drug-likeness (QED) is 0.377. The Morgan fingerprint density at radius 3 is 2.14 bits per heavy atom. The van der Waals surface area contributed by atoms with E-state index in [1.807, 2.05) is 0 Å². The van der Waals surface area contributed by atoms with Crippen molar-refractivity contribution in [3.05, 3.63) is 0 Å². The Morgan fingerprint density at radius 1 is 1.07 bits per heavy atom. The van der Waals surface area contributed by atoms with Crippen molar-refractivity contribution in [1.29, 1.82) is 0 Å². The van der Waals surface area contributed by atoms with Crippen LogP contribution in [0.4, 0.5) is 0 Å². The summed E-state index contributed by atoms with van der Waals surface area (Å²) < 4.78 is 0. The third kappa shape index (κ3) is 11.7. The number of aliphatic carboxylic acids is 1. The summed E-state index contributed by atoms with van der Waals surface area (Å²) in [5, 5.41) is 8.30. The van der Waals surface area contributed by atoms with Gasteiger partial charge in [0.2, 0.25) is 0 Å². The summed E-state index contributed by atoms with van der Waals surface area (Å²) in [6.07, 6.45) is 5.53. The van der Waals surface area contributed by atoms with Gasteiger partial charge in [0.05, 0.1) is 0 Å². The van der Waals surface area contributed by atoms with Crippen molar-refractivity contribution in [1.82, 2.24) is 0 Å². The Balaban J connectivity index is 0.